The highest BCUT2D eigenvalue weighted by Crippen LogP contribution is 2.12. The molecule has 82 valence electrons. The maximum absolute atomic E-state index is 10.0. The smallest absolute Gasteiger partial charge is 0.293 e. The molecule has 0 aliphatic rings. The number of hydrogen-bond acceptors (Lipinski definition) is 3. The minimum absolute atomic E-state index is 0.267. The Balaban J connectivity index is 2.39. The molecule has 0 atom stereocenters. The zero-order valence-electron chi connectivity index (χ0n) is 9.10. The van der Waals surface area contributed by atoms with Gasteiger partial charge in [0.2, 0.25) is 0 Å². The van der Waals surface area contributed by atoms with Crippen LogP contribution >= 0.6 is 0 Å². The van der Waals surface area contributed by atoms with Gasteiger partial charge in [-0.2, -0.15) is 0 Å². The van der Waals surface area contributed by atoms with Crippen molar-refractivity contribution in [2.45, 2.75) is 26.1 Å². The average Bonchev–Trinajstić information content (AvgIpc) is 2.25. The lowest BCUT2D eigenvalue weighted by Gasteiger charge is -2.23. The maximum atomic E-state index is 10.0. The molecule has 0 heterocycles. The second-order valence-corrected chi connectivity index (χ2v) is 3.94. The van der Waals surface area contributed by atoms with E-state index in [-0.39, 0.29) is 6.61 Å². The average molecular weight is 208 g/mol. The van der Waals surface area contributed by atoms with Gasteiger partial charge in [0.15, 0.2) is 0 Å². The second-order valence-electron chi connectivity index (χ2n) is 3.94. The monoisotopic (exact) mass is 208 g/mol. The van der Waals surface area contributed by atoms with Gasteiger partial charge in [0.25, 0.3) is 6.47 Å². The molecular weight excluding hydrogens is 192 g/mol. The zero-order valence-corrected chi connectivity index (χ0v) is 9.10. The lowest BCUT2D eigenvalue weighted by atomic mass is 10.1. The van der Waals surface area contributed by atoms with Crippen LogP contribution in [0.15, 0.2) is 30.3 Å². The van der Waals surface area contributed by atoms with Crippen LogP contribution in [0.25, 0.3) is 0 Å². The number of hydrogen-bond donors (Lipinski definition) is 0. The highest BCUT2D eigenvalue weighted by molar-refractivity contribution is 5.37. The number of benzene rings is 1. The molecule has 0 bridgehead atoms. The summed E-state index contributed by atoms with van der Waals surface area (Å²) in [6, 6.07) is 9.89. The van der Waals surface area contributed by atoms with Crippen LogP contribution in [-0.4, -0.2) is 18.7 Å². The van der Waals surface area contributed by atoms with Crippen molar-refractivity contribution in [2.24, 2.45) is 0 Å². The SMILES string of the molecule is CC(C)(COC=O)OCc1ccccc1. The fourth-order valence-electron chi connectivity index (χ4n) is 1.13. The van der Waals surface area contributed by atoms with Crippen LogP contribution in [0, 0.1) is 0 Å². The van der Waals surface area contributed by atoms with Crippen LogP contribution in [0.4, 0.5) is 0 Å². The molecule has 0 aromatic heterocycles. The molecule has 0 aliphatic carbocycles. The van der Waals surface area contributed by atoms with Gasteiger partial charge in [0.05, 0.1) is 12.2 Å². The molecule has 0 N–H and O–H groups in total. The number of carbonyl (C=O) groups is 1. The molecule has 15 heavy (non-hydrogen) atoms. The fourth-order valence-corrected chi connectivity index (χ4v) is 1.13. The fraction of sp³-hybridized carbons (Fsp3) is 0.417. The minimum atomic E-state index is -0.448. The molecule has 0 aliphatic heterocycles. The van der Waals surface area contributed by atoms with Crippen molar-refractivity contribution in [3.8, 4) is 0 Å². The first-order valence-electron chi connectivity index (χ1n) is 4.87. The Morgan fingerprint density at radius 2 is 1.93 bits per heavy atom. The highest BCUT2D eigenvalue weighted by Gasteiger charge is 2.18. The largest absolute Gasteiger partial charge is 0.465 e. The molecule has 3 nitrogen and oxygen atoms in total. The van der Waals surface area contributed by atoms with Crippen LogP contribution in [-0.2, 0) is 20.9 Å². The molecule has 1 aromatic carbocycles. The molecule has 0 fully saturated rings. The molecule has 3 heteroatoms. The van der Waals surface area contributed by atoms with Crippen molar-refractivity contribution in [3.05, 3.63) is 35.9 Å². The summed E-state index contributed by atoms with van der Waals surface area (Å²) in [6.45, 7) is 5.01. The van der Waals surface area contributed by atoms with E-state index in [4.69, 9.17) is 4.74 Å². The topological polar surface area (TPSA) is 35.5 Å². The first-order chi connectivity index (χ1) is 7.14. The van der Waals surface area contributed by atoms with E-state index in [0.29, 0.717) is 13.1 Å². The Morgan fingerprint density at radius 3 is 2.53 bits per heavy atom. The van der Waals surface area contributed by atoms with Gasteiger partial charge in [-0.3, -0.25) is 4.79 Å². The lowest BCUT2D eigenvalue weighted by Crippen LogP contribution is -2.30. The third-order valence-corrected chi connectivity index (χ3v) is 1.97. The van der Waals surface area contributed by atoms with E-state index >= 15 is 0 Å². The van der Waals surface area contributed by atoms with Crippen LogP contribution in [0.1, 0.15) is 19.4 Å². The van der Waals surface area contributed by atoms with Crippen LogP contribution in [0.2, 0.25) is 0 Å². The molecule has 1 rings (SSSR count). The van der Waals surface area contributed by atoms with E-state index in [0.717, 1.165) is 5.56 Å². The van der Waals surface area contributed by atoms with Crippen molar-refractivity contribution in [1.29, 1.82) is 0 Å². The first-order valence-corrected chi connectivity index (χ1v) is 4.87. The maximum Gasteiger partial charge on any atom is 0.293 e. The van der Waals surface area contributed by atoms with Gasteiger partial charge in [-0.05, 0) is 19.4 Å². The predicted octanol–water partition coefficient (Wildman–Crippen LogP) is 2.15. The Kier molecular flexibility index (Phi) is 4.31. The van der Waals surface area contributed by atoms with E-state index in [2.05, 4.69) is 4.74 Å². The molecule has 0 amide bonds. The first kappa shape index (κ1) is 11.7. The molecule has 0 radical (unpaired) electrons. The quantitative estimate of drug-likeness (QED) is 0.672. The highest BCUT2D eigenvalue weighted by atomic mass is 16.6. The number of ether oxygens (including phenoxy) is 2. The van der Waals surface area contributed by atoms with Gasteiger partial charge in [0, 0.05) is 0 Å². The minimum Gasteiger partial charge on any atom is -0.465 e. The van der Waals surface area contributed by atoms with E-state index in [1.807, 2.05) is 44.2 Å². The normalized spacial score (nSPS) is 11.1. The van der Waals surface area contributed by atoms with Gasteiger partial charge in [-0.15, -0.1) is 0 Å². The molecule has 0 saturated carbocycles. The summed E-state index contributed by atoms with van der Waals surface area (Å²) < 4.78 is 10.3. The van der Waals surface area contributed by atoms with Crippen molar-refractivity contribution in [2.75, 3.05) is 6.61 Å². The Morgan fingerprint density at radius 1 is 1.27 bits per heavy atom. The van der Waals surface area contributed by atoms with Gasteiger partial charge in [0.1, 0.15) is 6.61 Å². The van der Waals surface area contributed by atoms with E-state index in [1.54, 1.807) is 0 Å². The molecule has 0 unspecified atom stereocenters. The third kappa shape index (κ3) is 4.61. The Hall–Kier alpha value is -1.35. The third-order valence-electron chi connectivity index (χ3n) is 1.97. The summed E-state index contributed by atoms with van der Waals surface area (Å²) >= 11 is 0. The molecule has 1 aromatic rings. The summed E-state index contributed by atoms with van der Waals surface area (Å²) in [6.07, 6.45) is 0. The van der Waals surface area contributed by atoms with Crippen molar-refractivity contribution in [1.82, 2.24) is 0 Å². The van der Waals surface area contributed by atoms with Crippen LogP contribution in [0.5, 0.6) is 0 Å². The van der Waals surface area contributed by atoms with E-state index in [9.17, 15) is 4.79 Å². The predicted molar refractivity (Wildman–Crippen MR) is 57.3 cm³/mol. The Labute approximate surface area is 90.0 Å². The van der Waals surface area contributed by atoms with Crippen LogP contribution < -0.4 is 0 Å². The van der Waals surface area contributed by atoms with E-state index < -0.39 is 5.60 Å². The number of rotatable bonds is 6. The summed E-state index contributed by atoms with van der Waals surface area (Å²) in [5.74, 6) is 0. The standard InChI is InChI=1S/C12H16O3/c1-12(2,9-14-10-13)15-8-11-6-4-3-5-7-11/h3-7,10H,8-9H2,1-2H3. The lowest BCUT2D eigenvalue weighted by molar-refractivity contribution is -0.139. The molecule has 0 saturated heterocycles. The number of carbonyl (C=O) groups excluding carboxylic acids is 1. The summed E-state index contributed by atoms with van der Waals surface area (Å²) in [5.41, 5.74) is 0.660. The van der Waals surface area contributed by atoms with Crippen molar-refractivity contribution in [3.63, 3.8) is 0 Å². The van der Waals surface area contributed by atoms with Crippen molar-refractivity contribution < 1.29 is 14.3 Å². The van der Waals surface area contributed by atoms with Gasteiger partial charge < -0.3 is 9.47 Å². The van der Waals surface area contributed by atoms with Crippen LogP contribution in [0.3, 0.4) is 0 Å². The second kappa shape index (κ2) is 5.51. The molecule has 0 spiro atoms. The van der Waals surface area contributed by atoms with Gasteiger partial charge >= 0.3 is 0 Å². The summed E-state index contributed by atoms with van der Waals surface area (Å²) in [4.78, 5) is 10.0. The van der Waals surface area contributed by atoms with Gasteiger partial charge in [-0.25, -0.2) is 0 Å². The summed E-state index contributed by atoms with van der Waals surface area (Å²) in [7, 11) is 0. The summed E-state index contributed by atoms with van der Waals surface area (Å²) in [5, 5.41) is 0. The molecular formula is C12H16O3. The van der Waals surface area contributed by atoms with Gasteiger partial charge in [-0.1, -0.05) is 30.3 Å². The van der Waals surface area contributed by atoms with Crippen molar-refractivity contribution >= 4 is 6.47 Å². The van der Waals surface area contributed by atoms with E-state index in [1.165, 1.54) is 0 Å². The zero-order chi connectivity index (χ0) is 11.1. The Bertz CT molecular complexity index is 293.